The van der Waals surface area contributed by atoms with Crippen molar-refractivity contribution in [1.82, 2.24) is 4.98 Å². The third kappa shape index (κ3) is 3.97. The van der Waals surface area contributed by atoms with Gasteiger partial charge in [0.1, 0.15) is 17.4 Å². The largest absolute Gasteiger partial charge is 0.507 e. The van der Waals surface area contributed by atoms with Gasteiger partial charge >= 0.3 is 0 Å². The van der Waals surface area contributed by atoms with E-state index in [4.69, 9.17) is 11.6 Å². The molecule has 0 aliphatic heterocycles. The molecule has 3 nitrogen and oxygen atoms in total. The van der Waals surface area contributed by atoms with Crippen molar-refractivity contribution in [2.24, 2.45) is 0 Å². The summed E-state index contributed by atoms with van der Waals surface area (Å²) in [5, 5.41) is 13.8. The molecule has 0 unspecified atom stereocenters. The summed E-state index contributed by atoms with van der Waals surface area (Å²) in [5.74, 6) is 0.344. The number of aromatic nitrogens is 1. The zero-order chi connectivity index (χ0) is 18.5. The minimum absolute atomic E-state index is 0.122. The summed E-state index contributed by atoms with van der Waals surface area (Å²) >= 11 is 6.24. The van der Waals surface area contributed by atoms with E-state index < -0.39 is 5.82 Å². The fourth-order valence-corrected chi connectivity index (χ4v) is 3.03. The molecule has 2 N–H and O–H groups in total. The lowest BCUT2D eigenvalue weighted by Crippen LogP contribution is -2.04. The van der Waals surface area contributed by atoms with E-state index >= 15 is 0 Å². The van der Waals surface area contributed by atoms with Crippen LogP contribution in [0.5, 0.6) is 5.75 Å². The van der Waals surface area contributed by atoms with E-state index in [2.05, 4.69) is 17.2 Å². The standard InChI is InChI=1S/C21H20ClFN2O/c1-2-3-11-24-20-13-14(21-16(22)8-6-9-17(21)23)12-18(25-20)15-7-4-5-10-19(15)26/h4-10,12-13,26H,2-3,11H2,1H3,(H,24,25). The van der Waals surface area contributed by atoms with E-state index in [-0.39, 0.29) is 5.75 Å². The normalized spacial score (nSPS) is 10.7. The van der Waals surface area contributed by atoms with Crippen molar-refractivity contribution in [3.8, 4) is 28.1 Å². The molecule has 0 aliphatic rings. The summed E-state index contributed by atoms with van der Waals surface area (Å²) in [4.78, 5) is 4.58. The number of para-hydroxylation sites is 1. The third-order valence-corrected chi connectivity index (χ3v) is 4.41. The Morgan fingerprint density at radius 2 is 1.92 bits per heavy atom. The summed E-state index contributed by atoms with van der Waals surface area (Å²) in [7, 11) is 0. The molecule has 0 bridgehead atoms. The van der Waals surface area contributed by atoms with Gasteiger partial charge in [-0.15, -0.1) is 0 Å². The predicted molar refractivity (Wildman–Crippen MR) is 105 cm³/mol. The van der Waals surface area contributed by atoms with Gasteiger partial charge in [0.15, 0.2) is 0 Å². The van der Waals surface area contributed by atoms with Gasteiger partial charge in [0.05, 0.1) is 10.7 Å². The number of nitrogens with one attached hydrogen (secondary N) is 1. The van der Waals surface area contributed by atoms with E-state index in [0.717, 1.165) is 19.4 Å². The van der Waals surface area contributed by atoms with Crippen LogP contribution in [0.1, 0.15) is 19.8 Å². The van der Waals surface area contributed by atoms with Crippen LogP contribution in [-0.4, -0.2) is 16.6 Å². The Balaban J connectivity index is 2.13. The molecule has 3 aromatic rings. The number of hydrogen-bond donors (Lipinski definition) is 2. The second-order valence-electron chi connectivity index (χ2n) is 6.02. The average Bonchev–Trinajstić information content (AvgIpc) is 2.62. The maximum absolute atomic E-state index is 14.4. The Morgan fingerprint density at radius 3 is 2.65 bits per heavy atom. The zero-order valence-corrected chi connectivity index (χ0v) is 15.2. The first-order chi connectivity index (χ1) is 12.6. The fourth-order valence-electron chi connectivity index (χ4n) is 2.76. The Labute approximate surface area is 157 Å². The molecule has 26 heavy (non-hydrogen) atoms. The maximum Gasteiger partial charge on any atom is 0.132 e. The number of hydrogen-bond acceptors (Lipinski definition) is 3. The number of aromatic hydroxyl groups is 1. The van der Waals surface area contributed by atoms with Crippen LogP contribution in [0.15, 0.2) is 54.6 Å². The summed E-state index contributed by atoms with van der Waals surface area (Å²) in [5.41, 5.74) is 2.08. The van der Waals surface area contributed by atoms with Gasteiger partial charge in [-0.25, -0.2) is 9.37 Å². The lowest BCUT2D eigenvalue weighted by atomic mass is 10.0. The Bertz CT molecular complexity index is 894. The Kier molecular flexibility index (Phi) is 5.74. The van der Waals surface area contributed by atoms with Crippen LogP contribution in [0, 0.1) is 5.82 Å². The van der Waals surface area contributed by atoms with Crippen LogP contribution in [0.4, 0.5) is 10.2 Å². The van der Waals surface area contributed by atoms with Crippen molar-refractivity contribution in [2.75, 3.05) is 11.9 Å². The fraction of sp³-hybridized carbons (Fsp3) is 0.190. The van der Waals surface area contributed by atoms with Crippen molar-refractivity contribution in [3.05, 3.63) is 65.4 Å². The van der Waals surface area contributed by atoms with Crippen molar-refractivity contribution in [3.63, 3.8) is 0 Å². The van der Waals surface area contributed by atoms with Crippen LogP contribution >= 0.6 is 11.6 Å². The van der Waals surface area contributed by atoms with E-state index in [9.17, 15) is 9.50 Å². The van der Waals surface area contributed by atoms with Gasteiger partial charge in [-0.3, -0.25) is 0 Å². The SMILES string of the molecule is CCCCNc1cc(-c2c(F)cccc2Cl)cc(-c2ccccc2O)n1. The molecule has 134 valence electrons. The third-order valence-electron chi connectivity index (χ3n) is 4.09. The maximum atomic E-state index is 14.4. The monoisotopic (exact) mass is 370 g/mol. The minimum atomic E-state index is -0.397. The quantitative estimate of drug-likeness (QED) is 0.513. The molecule has 2 aromatic carbocycles. The molecule has 3 rings (SSSR count). The Morgan fingerprint density at radius 1 is 1.12 bits per heavy atom. The van der Waals surface area contributed by atoms with Gasteiger partial charge in [-0.05, 0) is 48.4 Å². The van der Waals surface area contributed by atoms with Crippen LogP contribution in [0.3, 0.4) is 0 Å². The van der Waals surface area contributed by atoms with Crippen LogP contribution in [0.2, 0.25) is 5.02 Å². The van der Waals surface area contributed by atoms with E-state index in [1.807, 2.05) is 6.07 Å². The molecule has 5 heteroatoms. The van der Waals surface area contributed by atoms with Gasteiger partial charge < -0.3 is 10.4 Å². The lowest BCUT2D eigenvalue weighted by Gasteiger charge is -2.13. The summed E-state index contributed by atoms with van der Waals surface area (Å²) < 4.78 is 14.4. The van der Waals surface area contributed by atoms with E-state index in [1.165, 1.54) is 6.07 Å². The molecule has 0 atom stereocenters. The minimum Gasteiger partial charge on any atom is -0.507 e. The van der Waals surface area contributed by atoms with Crippen molar-refractivity contribution >= 4 is 17.4 Å². The predicted octanol–water partition coefficient (Wildman–Crippen LogP) is 6.13. The summed E-state index contributed by atoms with van der Waals surface area (Å²) in [6.07, 6.45) is 2.05. The molecule has 0 fully saturated rings. The molecule has 0 spiro atoms. The molecule has 0 aliphatic carbocycles. The molecule has 0 radical (unpaired) electrons. The summed E-state index contributed by atoms with van der Waals surface area (Å²) in [6, 6.07) is 15.1. The number of benzene rings is 2. The Hall–Kier alpha value is -2.59. The molecular weight excluding hydrogens is 351 g/mol. The van der Waals surface area contributed by atoms with Crippen LogP contribution in [-0.2, 0) is 0 Å². The number of phenolic OH excluding ortho intramolecular Hbond substituents is 1. The van der Waals surface area contributed by atoms with Gasteiger partial charge in [0.2, 0.25) is 0 Å². The highest BCUT2D eigenvalue weighted by Gasteiger charge is 2.14. The highest BCUT2D eigenvalue weighted by atomic mass is 35.5. The van der Waals surface area contributed by atoms with Gasteiger partial charge in [-0.1, -0.05) is 43.1 Å². The summed E-state index contributed by atoms with van der Waals surface area (Å²) in [6.45, 7) is 2.87. The average molecular weight is 371 g/mol. The number of anilines is 1. The van der Waals surface area contributed by atoms with Crippen molar-refractivity contribution < 1.29 is 9.50 Å². The first kappa shape index (κ1) is 18.2. The highest BCUT2D eigenvalue weighted by Crippen LogP contribution is 2.36. The van der Waals surface area contributed by atoms with Gasteiger partial charge in [0, 0.05) is 17.7 Å². The van der Waals surface area contributed by atoms with Gasteiger partial charge in [0.25, 0.3) is 0 Å². The molecule has 0 saturated carbocycles. The number of phenols is 1. The zero-order valence-electron chi connectivity index (χ0n) is 14.5. The first-order valence-electron chi connectivity index (χ1n) is 8.59. The molecule has 1 aromatic heterocycles. The second-order valence-corrected chi connectivity index (χ2v) is 6.43. The first-order valence-corrected chi connectivity index (χ1v) is 8.96. The number of rotatable bonds is 6. The number of halogens is 2. The topological polar surface area (TPSA) is 45.1 Å². The van der Waals surface area contributed by atoms with Crippen LogP contribution < -0.4 is 5.32 Å². The van der Waals surface area contributed by atoms with Gasteiger partial charge in [-0.2, -0.15) is 0 Å². The highest BCUT2D eigenvalue weighted by molar-refractivity contribution is 6.33. The molecule has 0 saturated heterocycles. The van der Waals surface area contributed by atoms with E-state index in [0.29, 0.717) is 33.2 Å². The number of pyridine rings is 1. The molecule has 1 heterocycles. The number of nitrogens with zero attached hydrogens (tertiary/aromatic N) is 1. The van der Waals surface area contributed by atoms with Crippen molar-refractivity contribution in [2.45, 2.75) is 19.8 Å². The van der Waals surface area contributed by atoms with Crippen LogP contribution in [0.25, 0.3) is 22.4 Å². The second kappa shape index (κ2) is 8.19. The number of unbranched alkanes of at least 4 members (excludes halogenated alkanes) is 1. The van der Waals surface area contributed by atoms with Crippen molar-refractivity contribution in [1.29, 1.82) is 0 Å². The lowest BCUT2D eigenvalue weighted by molar-refractivity contribution is 0.477. The van der Waals surface area contributed by atoms with E-state index in [1.54, 1.807) is 42.5 Å². The molecular formula is C21H20ClFN2O. The smallest absolute Gasteiger partial charge is 0.132 e. The molecule has 0 amide bonds.